The van der Waals surface area contributed by atoms with Gasteiger partial charge >= 0.3 is 17.9 Å². The molecule has 0 amide bonds. The molecule has 25 heavy (non-hydrogen) atoms. The largest absolute Gasteiger partial charge is 0.481 e. The monoisotopic (exact) mass is 350 g/mol. The van der Waals surface area contributed by atoms with Crippen LogP contribution in [-0.4, -0.2) is 29.8 Å². The van der Waals surface area contributed by atoms with E-state index in [1.54, 1.807) is 37.3 Å². The Morgan fingerprint density at radius 2 is 1.76 bits per heavy atom. The van der Waals surface area contributed by atoms with Gasteiger partial charge in [0.15, 0.2) is 0 Å². The zero-order valence-corrected chi connectivity index (χ0v) is 14.9. The van der Waals surface area contributed by atoms with Crippen molar-refractivity contribution >= 4 is 17.9 Å². The van der Waals surface area contributed by atoms with Gasteiger partial charge in [-0.2, -0.15) is 0 Å². The van der Waals surface area contributed by atoms with Gasteiger partial charge in [0.2, 0.25) is 6.79 Å². The minimum Gasteiger partial charge on any atom is -0.481 e. The van der Waals surface area contributed by atoms with Gasteiger partial charge in [0, 0.05) is 0 Å². The van der Waals surface area contributed by atoms with Crippen LogP contribution in [0.25, 0.3) is 0 Å². The van der Waals surface area contributed by atoms with Crippen molar-refractivity contribution in [3.63, 3.8) is 0 Å². The molecule has 0 aromatic heterocycles. The molecule has 3 atom stereocenters. The van der Waals surface area contributed by atoms with Crippen LogP contribution in [0.2, 0.25) is 0 Å². The molecule has 138 valence electrons. The molecule has 0 spiro atoms. The molecule has 0 bridgehead atoms. The van der Waals surface area contributed by atoms with E-state index in [1.807, 2.05) is 13.8 Å². The second-order valence-corrected chi connectivity index (χ2v) is 5.71. The van der Waals surface area contributed by atoms with Crippen molar-refractivity contribution in [2.45, 2.75) is 40.0 Å². The van der Waals surface area contributed by atoms with Crippen molar-refractivity contribution in [2.75, 3.05) is 6.79 Å². The normalized spacial score (nSPS) is 20.0. The van der Waals surface area contributed by atoms with Gasteiger partial charge in [0.25, 0.3) is 0 Å². The predicted molar refractivity (Wildman–Crippen MR) is 91.8 cm³/mol. The van der Waals surface area contributed by atoms with Crippen LogP contribution in [0.15, 0.2) is 30.3 Å². The van der Waals surface area contributed by atoms with Crippen LogP contribution in [0.4, 0.5) is 0 Å². The average Bonchev–Trinajstić information content (AvgIpc) is 3.13. The highest BCUT2D eigenvalue weighted by Gasteiger charge is 2.39. The van der Waals surface area contributed by atoms with Gasteiger partial charge in [-0.05, 0) is 30.9 Å². The first-order chi connectivity index (χ1) is 12.0. The van der Waals surface area contributed by atoms with Gasteiger partial charge in [0.1, 0.15) is 0 Å². The summed E-state index contributed by atoms with van der Waals surface area (Å²) in [7, 11) is 0. The Labute approximate surface area is 148 Å². The summed E-state index contributed by atoms with van der Waals surface area (Å²) in [6.07, 6.45) is 2.07. The van der Waals surface area contributed by atoms with E-state index in [1.165, 1.54) is 0 Å². The summed E-state index contributed by atoms with van der Waals surface area (Å²) in [4.78, 5) is 34.9. The number of carbonyl (C=O) groups is 3. The van der Waals surface area contributed by atoms with E-state index in [2.05, 4.69) is 0 Å². The number of benzene rings is 1. The number of carbonyl (C=O) groups excluding carboxylic acids is 2. The first-order valence-electron chi connectivity index (χ1n) is 8.62. The molecule has 0 heterocycles. The van der Waals surface area contributed by atoms with Crippen molar-refractivity contribution in [3.8, 4) is 0 Å². The molecule has 1 saturated carbocycles. The van der Waals surface area contributed by atoms with Crippen LogP contribution >= 0.6 is 0 Å². The van der Waals surface area contributed by atoms with Gasteiger partial charge in [-0.3, -0.25) is 9.59 Å². The minimum absolute atomic E-state index is 0.232. The maximum atomic E-state index is 12.0. The van der Waals surface area contributed by atoms with E-state index in [4.69, 9.17) is 14.6 Å². The lowest BCUT2D eigenvalue weighted by Gasteiger charge is -2.21. The smallest absolute Gasteiger partial charge is 0.340 e. The Morgan fingerprint density at radius 1 is 1.12 bits per heavy atom. The highest BCUT2D eigenvalue weighted by Crippen LogP contribution is 2.37. The van der Waals surface area contributed by atoms with Crippen LogP contribution < -0.4 is 0 Å². The van der Waals surface area contributed by atoms with Crippen LogP contribution in [0.3, 0.4) is 0 Å². The Kier molecular flexibility index (Phi) is 8.67. The van der Waals surface area contributed by atoms with Crippen LogP contribution in [0.1, 0.15) is 50.4 Å². The van der Waals surface area contributed by atoms with Crippen molar-refractivity contribution in [3.05, 3.63) is 35.9 Å². The lowest BCUT2D eigenvalue weighted by Crippen LogP contribution is -2.30. The molecule has 0 radical (unpaired) electrons. The van der Waals surface area contributed by atoms with Gasteiger partial charge in [-0.25, -0.2) is 4.79 Å². The van der Waals surface area contributed by atoms with Crippen molar-refractivity contribution < 1.29 is 29.0 Å². The molecule has 6 heteroatoms. The Bertz CT molecular complexity index is 569. The third-order valence-electron chi connectivity index (χ3n) is 4.30. The number of carboxylic acid groups (broad SMARTS) is 1. The van der Waals surface area contributed by atoms with Gasteiger partial charge in [-0.15, -0.1) is 0 Å². The number of carboxylic acids is 1. The maximum Gasteiger partial charge on any atom is 0.340 e. The fourth-order valence-electron chi connectivity index (χ4n) is 3.00. The third kappa shape index (κ3) is 5.89. The Morgan fingerprint density at radius 3 is 2.36 bits per heavy atom. The topological polar surface area (TPSA) is 89.9 Å². The average molecular weight is 350 g/mol. The van der Waals surface area contributed by atoms with E-state index in [9.17, 15) is 14.4 Å². The predicted octanol–water partition coefficient (Wildman–Crippen LogP) is 3.51. The summed E-state index contributed by atoms with van der Waals surface area (Å²) in [5, 5.41) is 9.17. The molecule has 1 N–H and O–H groups in total. The summed E-state index contributed by atoms with van der Waals surface area (Å²) >= 11 is 0. The molecule has 6 nitrogen and oxygen atoms in total. The van der Waals surface area contributed by atoms with Crippen LogP contribution in [-0.2, 0) is 19.1 Å². The van der Waals surface area contributed by atoms with E-state index >= 15 is 0 Å². The van der Waals surface area contributed by atoms with Crippen molar-refractivity contribution in [1.29, 1.82) is 0 Å². The number of esters is 2. The molecule has 2 rings (SSSR count). The minimum atomic E-state index is -0.873. The highest BCUT2D eigenvalue weighted by molar-refractivity contribution is 5.89. The SMILES string of the molecule is CC.CC(C(=O)OCOC(=O)c1ccccc1)C1CCCC1C(=O)O. The quantitative estimate of drug-likeness (QED) is 0.624. The van der Waals surface area contributed by atoms with Gasteiger partial charge in [-0.1, -0.05) is 45.4 Å². The summed E-state index contributed by atoms with van der Waals surface area (Å²) in [6.45, 7) is 5.19. The molecule has 3 unspecified atom stereocenters. The molecule has 0 saturated heterocycles. The second-order valence-electron chi connectivity index (χ2n) is 5.71. The van der Waals surface area contributed by atoms with Crippen LogP contribution in [0, 0.1) is 17.8 Å². The highest BCUT2D eigenvalue weighted by atomic mass is 16.7. The van der Waals surface area contributed by atoms with E-state index in [0.717, 1.165) is 6.42 Å². The van der Waals surface area contributed by atoms with Crippen molar-refractivity contribution in [2.24, 2.45) is 17.8 Å². The zero-order chi connectivity index (χ0) is 18.8. The number of hydrogen-bond donors (Lipinski definition) is 1. The lowest BCUT2D eigenvalue weighted by atomic mass is 9.85. The molecule has 1 aromatic carbocycles. The third-order valence-corrected chi connectivity index (χ3v) is 4.30. The Balaban J connectivity index is 0.00000151. The first-order valence-corrected chi connectivity index (χ1v) is 8.62. The zero-order valence-electron chi connectivity index (χ0n) is 14.9. The molecule has 0 aliphatic heterocycles. The fraction of sp³-hybridized carbons (Fsp3) is 0.526. The molecule has 1 aliphatic rings. The number of aliphatic carboxylic acids is 1. The molecule has 1 fully saturated rings. The number of rotatable bonds is 6. The summed E-state index contributed by atoms with van der Waals surface area (Å²) in [6, 6.07) is 8.39. The molecular weight excluding hydrogens is 324 g/mol. The number of hydrogen-bond acceptors (Lipinski definition) is 5. The maximum absolute atomic E-state index is 12.0. The number of ether oxygens (including phenoxy) is 2. The Hall–Kier alpha value is -2.37. The molecular formula is C19H26O6. The van der Waals surface area contributed by atoms with Crippen molar-refractivity contribution in [1.82, 2.24) is 0 Å². The van der Waals surface area contributed by atoms with Gasteiger partial charge < -0.3 is 14.6 Å². The summed E-state index contributed by atoms with van der Waals surface area (Å²) < 4.78 is 9.85. The fourth-order valence-corrected chi connectivity index (χ4v) is 3.00. The standard InChI is InChI=1S/C17H20O6.C2H6/c1-11(13-8-5-9-14(13)15(18)19)16(20)22-10-23-17(21)12-6-3-2-4-7-12;1-2/h2-4,6-7,11,13-14H,5,8-10H2,1H3,(H,18,19);1-2H3. The summed E-state index contributed by atoms with van der Waals surface area (Å²) in [5.41, 5.74) is 0.373. The lowest BCUT2D eigenvalue weighted by molar-refractivity contribution is -0.160. The molecule has 1 aliphatic carbocycles. The molecule has 1 aromatic rings. The summed E-state index contributed by atoms with van der Waals surface area (Å²) in [5.74, 6) is -3.26. The van der Waals surface area contributed by atoms with E-state index in [-0.39, 0.29) is 5.92 Å². The van der Waals surface area contributed by atoms with E-state index in [0.29, 0.717) is 18.4 Å². The van der Waals surface area contributed by atoms with E-state index < -0.39 is 36.5 Å². The van der Waals surface area contributed by atoms with Gasteiger partial charge in [0.05, 0.1) is 17.4 Å². The van der Waals surface area contributed by atoms with Crippen LogP contribution in [0.5, 0.6) is 0 Å². The first kappa shape index (κ1) is 20.7. The second kappa shape index (κ2) is 10.5.